The molecule has 3 N–H and O–H groups in total. The van der Waals surface area contributed by atoms with Gasteiger partial charge in [0, 0.05) is 22.4 Å². The van der Waals surface area contributed by atoms with Crippen molar-refractivity contribution in [3.8, 4) is 11.8 Å². The molecule has 2 rings (SSSR count). The lowest BCUT2D eigenvalue weighted by Gasteiger charge is -2.02. The van der Waals surface area contributed by atoms with Crippen molar-refractivity contribution in [1.82, 2.24) is 9.97 Å². The predicted molar refractivity (Wildman–Crippen MR) is 88.7 cm³/mol. The number of thiophene rings is 1. The zero-order chi connectivity index (χ0) is 15.1. The van der Waals surface area contributed by atoms with E-state index in [1.165, 1.54) is 16.6 Å². The average Bonchev–Trinajstić information content (AvgIpc) is 2.91. The lowest BCUT2D eigenvalue weighted by atomic mass is 10.2. The Balaban J connectivity index is 2.02. The Bertz CT molecular complexity index is 709. The van der Waals surface area contributed by atoms with Crippen LogP contribution in [-0.4, -0.2) is 16.5 Å². The van der Waals surface area contributed by atoms with Gasteiger partial charge in [0.1, 0.15) is 0 Å². The monoisotopic (exact) mass is 319 g/mol. The summed E-state index contributed by atoms with van der Waals surface area (Å²) in [6.07, 6.45) is 1.81. The molecule has 0 unspecified atom stereocenters. The van der Waals surface area contributed by atoms with Gasteiger partial charge in [0.25, 0.3) is 5.56 Å². The fourth-order valence-electron chi connectivity index (χ4n) is 1.74. The first-order valence-corrected chi connectivity index (χ1v) is 8.52. The Morgan fingerprint density at radius 1 is 1.48 bits per heavy atom. The first-order chi connectivity index (χ1) is 10.2. The molecule has 0 saturated carbocycles. The minimum Gasteiger partial charge on any atom is -0.320 e. The number of aryl methyl sites for hydroxylation is 1. The number of H-pyrrole nitrogens is 1. The van der Waals surface area contributed by atoms with Gasteiger partial charge >= 0.3 is 0 Å². The summed E-state index contributed by atoms with van der Waals surface area (Å²) in [5, 5.41) is 0.675. The topological polar surface area (TPSA) is 71.8 Å². The van der Waals surface area contributed by atoms with Crippen LogP contribution in [0.3, 0.4) is 0 Å². The predicted octanol–water partition coefficient (Wildman–Crippen LogP) is 2.39. The van der Waals surface area contributed by atoms with Crippen LogP contribution >= 0.6 is 23.1 Å². The standard InChI is InChI=1S/C15H17N3OS2/c1-2-4-11-9-14(19)18-15(17-11)20-10-13-7-6-12(21-13)5-3-8-16/h6-7,9H,2,4,8,10,16H2,1H3,(H,17,18,19). The first-order valence-electron chi connectivity index (χ1n) is 6.72. The van der Waals surface area contributed by atoms with E-state index in [1.54, 1.807) is 17.4 Å². The first kappa shape index (κ1) is 15.8. The lowest BCUT2D eigenvalue weighted by Crippen LogP contribution is -2.09. The van der Waals surface area contributed by atoms with E-state index in [1.807, 2.05) is 12.1 Å². The van der Waals surface area contributed by atoms with Crippen LogP contribution < -0.4 is 11.3 Å². The van der Waals surface area contributed by atoms with Crippen LogP contribution in [0.5, 0.6) is 0 Å². The maximum atomic E-state index is 11.6. The van der Waals surface area contributed by atoms with Crippen molar-refractivity contribution in [3.63, 3.8) is 0 Å². The number of hydrogen-bond donors (Lipinski definition) is 2. The van der Waals surface area contributed by atoms with E-state index >= 15 is 0 Å². The van der Waals surface area contributed by atoms with Crippen molar-refractivity contribution in [2.24, 2.45) is 5.73 Å². The maximum Gasteiger partial charge on any atom is 0.251 e. The van der Waals surface area contributed by atoms with E-state index in [0.29, 0.717) is 11.7 Å². The zero-order valence-electron chi connectivity index (χ0n) is 11.8. The Morgan fingerprint density at radius 2 is 2.33 bits per heavy atom. The molecule has 0 atom stereocenters. The molecule has 0 aromatic carbocycles. The third-order valence-electron chi connectivity index (χ3n) is 2.61. The van der Waals surface area contributed by atoms with Gasteiger partial charge in [-0.2, -0.15) is 0 Å². The number of hydrogen-bond acceptors (Lipinski definition) is 5. The van der Waals surface area contributed by atoms with Crippen molar-refractivity contribution in [2.45, 2.75) is 30.7 Å². The van der Waals surface area contributed by atoms with Gasteiger partial charge in [-0.05, 0) is 18.6 Å². The molecule has 0 amide bonds. The summed E-state index contributed by atoms with van der Waals surface area (Å²) in [6, 6.07) is 5.61. The molecule has 0 aliphatic carbocycles. The lowest BCUT2D eigenvalue weighted by molar-refractivity contribution is 0.816. The minimum absolute atomic E-state index is 0.0865. The average molecular weight is 319 g/mol. The highest BCUT2D eigenvalue weighted by molar-refractivity contribution is 7.98. The Morgan fingerprint density at radius 3 is 3.10 bits per heavy atom. The van der Waals surface area contributed by atoms with Crippen LogP contribution in [0.2, 0.25) is 0 Å². The third kappa shape index (κ3) is 5.05. The number of nitrogens with one attached hydrogen (secondary N) is 1. The van der Waals surface area contributed by atoms with Crippen molar-refractivity contribution < 1.29 is 0 Å². The second kappa shape index (κ2) is 8.03. The summed E-state index contributed by atoms with van der Waals surface area (Å²) in [5.41, 5.74) is 6.12. The molecule has 0 saturated heterocycles. The van der Waals surface area contributed by atoms with E-state index in [0.717, 1.165) is 29.2 Å². The van der Waals surface area contributed by atoms with Crippen molar-refractivity contribution >= 4 is 23.1 Å². The van der Waals surface area contributed by atoms with Gasteiger partial charge in [0.05, 0.1) is 11.4 Å². The molecule has 0 aliphatic rings. The van der Waals surface area contributed by atoms with Gasteiger partial charge < -0.3 is 10.7 Å². The highest BCUT2D eigenvalue weighted by Crippen LogP contribution is 2.24. The number of aromatic amines is 1. The number of rotatable bonds is 5. The van der Waals surface area contributed by atoms with Crippen LogP contribution in [-0.2, 0) is 12.2 Å². The SMILES string of the molecule is CCCc1cc(=O)[nH]c(SCc2ccc(C#CCN)s2)n1. The molecule has 2 aromatic heterocycles. The molecular weight excluding hydrogens is 302 g/mol. The van der Waals surface area contributed by atoms with Gasteiger partial charge in [0.15, 0.2) is 5.16 Å². The van der Waals surface area contributed by atoms with Crippen LogP contribution in [0.15, 0.2) is 28.2 Å². The smallest absolute Gasteiger partial charge is 0.251 e. The largest absolute Gasteiger partial charge is 0.320 e. The zero-order valence-corrected chi connectivity index (χ0v) is 13.4. The normalized spacial score (nSPS) is 10.2. The summed E-state index contributed by atoms with van der Waals surface area (Å²) in [5.74, 6) is 6.63. The maximum absolute atomic E-state index is 11.6. The Labute approximate surface area is 132 Å². The Hall–Kier alpha value is -1.55. The molecule has 0 aliphatic heterocycles. The summed E-state index contributed by atoms with van der Waals surface area (Å²) < 4.78 is 0. The highest BCUT2D eigenvalue weighted by atomic mass is 32.2. The fourth-order valence-corrected chi connectivity index (χ4v) is 3.56. The molecule has 0 radical (unpaired) electrons. The van der Waals surface area contributed by atoms with E-state index in [-0.39, 0.29) is 5.56 Å². The molecule has 2 aromatic rings. The summed E-state index contributed by atoms with van der Waals surface area (Å²) in [6.45, 7) is 2.45. The molecule has 0 fully saturated rings. The van der Waals surface area contributed by atoms with Gasteiger partial charge in [-0.15, -0.1) is 11.3 Å². The van der Waals surface area contributed by atoms with E-state index in [2.05, 4.69) is 28.7 Å². The highest BCUT2D eigenvalue weighted by Gasteiger charge is 2.04. The number of thioether (sulfide) groups is 1. The second-order valence-electron chi connectivity index (χ2n) is 4.35. The number of nitrogens with two attached hydrogens (primary N) is 1. The molecule has 2 heterocycles. The van der Waals surface area contributed by atoms with E-state index in [4.69, 9.17) is 5.73 Å². The molecule has 4 nitrogen and oxygen atoms in total. The van der Waals surface area contributed by atoms with Gasteiger partial charge in [0.2, 0.25) is 0 Å². The summed E-state index contributed by atoms with van der Waals surface area (Å²) >= 11 is 3.18. The minimum atomic E-state index is -0.0865. The molecular formula is C15H17N3OS2. The summed E-state index contributed by atoms with van der Waals surface area (Å²) in [4.78, 5) is 21.0. The van der Waals surface area contributed by atoms with Gasteiger partial charge in [-0.25, -0.2) is 4.98 Å². The third-order valence-corrected chi connectivity index (χ3v) is 4.71. The van der Waals surface area contributed by atoms with Crippen LogP contribution in [0, 0.1) is 11.8 Å². The molecule has 110 valence electrons. The molecule has 21 heavy (non-hydrogen) atoms. The van der Waals surface area contributed by atoms with Crippen molar-refractivity contribution in [3.05, 3.63) is 44.0 Å². The molecule has 0 bridgehead atoms. The van der Waals surface area contributed by atoms with Crippen molar-refractivity contribution in [1.29, 1.82) is 0 Å². The van der Waals surface area contributed by atoms with Crippen LogP contribution in [0.4, 0.5) is 0 Å². The van der Waals surface area contributed by atoms with Gasteiger partial charge in [-0.3, -0.25) is 4.79 Å². The molecule has 0 spiro atoms. The second-order valence-corrected chi connectivity index (χ2v) is 6.48. The number of nitrogens with zero attached hydrogens (tertiary/aromatic N) is 1. The molecule has 6 heteroatoms. The fraction of sp³-hybridized carbons (Fsp3) is 0.333. The quantitative estimate of drug-likeness (QED) is 0.504. The number of aromatic nitrogens is 2. The van der Waals surface area contributed by atoms with Crippen molar-refractivity contribution in [2.75, 3.05) is 6.54 Å². The van der Waals surface area contributed by atoms with Crippen LogP contribution in [0.1, 0.15) is 28.8 Å². The van der Waals surface area contributed by atoms with E-state index < -0.39 is 0 Å². The van der Waals surface area contributed by atoms with E-state index in [9.17, 15) is 4.79 Å². The van der Waals surface area contributed by atoms with Crippen LogP contribution in [0.25, 0.3) is 0 Å². The van der Waals surface area contributed by atoms with Gasteiger partial charge in [-0.1, -0.05) is 36.9 Å². The summed E-state index contributed by atoms with van der Waals surface area (Å²) in [7, 11) is 0. The Kier molecular flexibility index (Phi) is 6.05.